The van der Waals surface area contributed by atoms with Gasteiger partial charge in [-0.2, -0.15) is 0 Å². The molecular formula is C24H36N2O4S. The highest BCUT2D eigenvalue weighted by Gasteiger charge is 2.13. The van der Waals surface area contributed by atoms with Gasteiger partial charge in [0.25, 0.3) is 5.91 Å². The van der Waals surface area contributed by atoms with Crippen LogP contribution in [0.5, 0.6) is 5.75 Å². The van der Waals surface area contributed by atoms with Crippen LogP contribution in [0, 0.1) is 6.92 Å². The van der Waals surface area contributed by atoms with Crippen LogP contribution in [0.3, 0.4) is 0 Å². The normalized spacial score (nSPS) is 10.5. The third kappa shape index (κ3) is 12.1. The smallest absolute Gasteiger partial charge is 0.251 e. The lowest BCUT2D eigenvalue weighted by Gasteiger charge is -2.15. The number of amides is 2. The maximum absolute atomic E-state index is 12.2. The molecule has 0 aliphatic carbocycles. The fraction of sp³-hybridized carbons (Fsp3) is 0.417. The summed E-state index contributed by atoms with van der Waals surface area (Å²) in [6.07, 6.45) is 0.486. The van der Waals surface area contributed by atoms with Crippen LogP contribution in [0.1, 0.15) is 50.0 Å². The Morgan fingerprint density at radius 3 is 2.29 bits per heavy atom. The van der Waals surface area contributed by atoms with Crippen LogP contribution in [0.2, 0.25) is 0 Å². The van der Waals surface area contributed by atoms with Gasteiger partial charge in [-0.1, -0.05) is 45.0 Å². The first-order valence-electron chi connectivity index (χ1n) is 10.5. The van der Waals surface area contributed by atoms with Gasteiger partial charge in [0, 0.05) is 40.8 Å². The molecule has 0 fully saturated rings. The number of carbonyl (C=O) groups is 2. The van der Waals surface area contributed by atoms with Crippen LogP contribution in [-0.4, -0.2) is 47.0 Å². The van der Waals surface area contributed by atoms with Crippen molar-refractivity contribution < 1.29 is 19.8 Å². The predicted molar refractivity (Wildman–Crippen MR) is 129 cm³/mol. The molecule has 2 amide bonds. The van der Waals surface area contributed by atoms with Crippen molar-refractivity contribution in [2.24, 2.45) is 0 Å². The summed E-state index contributed by atoms with van der Waals surface area (Å²) in [5.41, 5.74) is 1.13. The Kier molecular flexibility index (Phi) is 15.8. The molecule has 0 bridgehead atoms. The molecule has 0 unspecified atom stereocenters. The lowest BCUT2D eigenvalue weighted by atomic mass is 10.1. The lowest BCUT2D eigenvalue weighted by molar-refractivity contribution is -0.120. The number of aliphatic hydroxyl groups is 1. The standard InChI is InChI=1S/C17H19NO2S.C5H11NO2.C2H6/c1-12(11-21-14-7-4-3-5-8-14)18-17(20)15-9-6-10-16(19)13(15)2;1-2-5(8)6-3-4-7;1-2/h3-10,12,19H,11H2,1-2H3,(H,18,20);7H,2-4H2,1H3,(H,6,8);1-2H3/t12-;;/m1../s1. The van der Waals surface area contributed by atoms with Crippen molar-refractivity contribution in [3.05, 3.63) is 59.7 Å². The molecule has 7 heteroatoms. The number of phenols is 1. The van der Waals surface area contributed by atoms with Gasteiger partial charge in [0.2, 0.25) is 5.91 Å². The topological polar surface area (TPSA) is 98.7 Å². The van der Waals surface area contributed by atoms with E-state index in [0.29, 0.717) is 24.1 Å². The molecule has 2 rings (SSSR count). The fourth-order valence-corrected chi connectivity index (χ4v) is 3.15. The average molecular weight is 449 g/mol. The highest BCUT2D eigenvalue weighted by Crippen LogP contribution is 2.20. The molecule has 0 saturated carbocycles. The molecule has 2 aromatic rings. The van der Waals surface area contributed by atoms with E-state index in [1.807, 2.05) is 39.0 Å². The number of hydrogen-bond donors (Lipinski definition) is 4. The first-order valence-corrected chi connectivity index (χ1v) is 11.5. The second-order valence-electron chi connectivity index (χ2n) is 6.38. The number of aliphatic hydroxyl groups excluding tert-OH is 1. The van der Waals surface area contributed by atoms with Crippen LogP contribution in [0.25, 0.3) is 0 Å². The molecule has 2 aromatic carbocycles. The van der Waals surface area contributed by atoms with Gasteiger partial charge in [-0.05, 0) is 38.1 Å². The van der Waals surface area contributed by atoms with E-state index in [4.69, 9.17) is 5.11 Å². The second-order valence-corrected chi connectivity index (χ2v) is 7.47. The van der Waals surface area contributed by atoms with E-state index in [0.717, 1.165) is 5.75 Å². The molecular weight excluding hydrogens is 412 g/mol. The van der Waals surface area contributed by atoms with Crippen molar-refractivity contribution in [2.45, 2.75) is 52.0 Å². The van der Waals surface area contributed by atoms with Gasteiger partial charge < -0.3 is 20.8 Å². The van der Waals surface area contributed by atoms with Crippen molar-refractivity contribution in [3.63, 3.8) is 0 Å². The zero-order valence-corrected chi connectivity index (χ0v) is 20.0. The maximum atomic E-state index is 12.2. The van der Waals surface area contributed by atoms with E-state index < -0.39 is 0 Å². The molecule has 1 atom stereocenters. The second kappa shape index (κ2) is 17.2. The van der Waals surface area contributed by atoms with Crippen molar-refractivity contribution in [2.75, 3.05) is 18.9 Å². The third-order valence-corrected chi connectivity index (χ3v) is 5.20. The zero-order chi connectivity index (χ0) is 23.6. The lowest BCUT2D eigenvalue weighted by Crippen LogP contribution is -2.34. The average Bonchev–Trinajstić information content (AvgIpc) is 2.80. The third-order valence-electron chi connectivity index (χ3n) is 3.93. The van der Waals surface area contributed by atoms with Crippen molar-refractivity contribution in [3.8, 4) is 5.75 Å². The highest BCUT2D eigenvalue weighted by molar-refractivity contribution is 7.99. The maximum Gasteiger partial charge on any atom is 0.251 e. The van der Waals surface area contributed by atoms with Gasteiger partial charge in [0.05, 0.1) is 6.61 Å². The number of phenolic OH excluding ortho intramolecular Hbond substituents is 1. The first kappa shape index (κ1) is 28.5. The van der Waals surface area contributed by atoms with Gasteiger partial charge in [-0.25, -0.2) is 0 Å². The molecule has 0 aromatic heterocycles. The van der Waals surface area contributed by atoms with E-state index in [9.17, 15) is 14.7 Å². The van der Waals surface area contributed by atoms with Crippen molar-refractivity contribution in [1.29, 1.82) is 0 Å². The Bertz CT molecular complexity index is 769. The molecule has 4 N–H and O–H groups in total. The monoisotopic (exact) mass is 448 g/mol. The summed E-state index contributed by atoms with van der Waals surface area (Å²) in [6, 6.07) is 15.1. The molecule has 0 aliphatic rings. The number of nitrogens with one attached hydrogen (secondary N) is 2. The van der Waals surface area contributed by atoms with Crippen molar-refractivity contribution >= 4 is 23.6 Å². The van der Waals surface area contributed by atoms with Crippen LogP contribution in [0.15, 0.2) is 53.4 Å². The Labute approximate surface area is 190 Å². The summed E-state index contributed by atoms with van der Waals surface area (Å²) >= 11 is 1.71. The minimum atomic E-state index is -0.149. The molecule has 0 heterocycles. The number of benzene rings is 2. The van der Waals surface area contributed by atoms with Crippen LogP contribution in [0.4, 0.5) is 0 Å². The summed E-state index contributed by atoms with van der Waals surface area (Å²) in [7, 11) is 0. The number of rotatable bonds is 8. The molecule has 31 heavy (non-hydrogen) atoms. The van der Waals surface area contributed by atoms with Crippen LogP contribution in [-0.2, 0) is 4.79 Å². The van der Waals surface area contributed by atoms with E-state index in [2.05, 4.69) is 22.8 Å². The number of thioether (sulfide) groups is 1. The fourth-order valence-electron chi connectivity index (χ4n) is 2.27. The van der Waals surface area contributed by atoms with Crippen LogP contribution < -0.4 is 10.6 Å². The van der Waals surface area contributed by atoms with E-state index in [1.54, 1.807) is 43.8 Å². The van der Waals surface area contributed by atoms with Gasteiger partial charge in [0.1, 0.15) is 5.75 Å². The van der Waals surface area contributed by atoms with Gasteiger partial charge in [0.15, 0.2) is 0 Å². The SMILES string of the molecule is CC.CCC(=O)NCCO.Cc1c(O)cccc1C(=O)N[C@H](C)CSc1ccccc1. The minimum Gasteiger partial charge on any atom is -0.508 e. The molecule has 0 spiro atoms. The first-order chi connectivity index (χ1) is 14.9. The van der Waals surface area contributed by atoms with E-state index in [-0.39, 0.29) is 30.2 Å². The van der Waals surface area contributed by atoms with Crippen molar-refractivity contribution in [1.82, 2.24) is 10.6 Å². The van der Waals surface area contributed by atoms with Crippen LogP contribution >= 0.6 is 11.8 Å². The molecule has 0 radical (unpaired) electrons. The molecule has 172 valence electrons. The Morgan fingerprint density at radius 2 is 1.71 bits per heavy atom. The molecule has 0 aliphatic heterocycles. The zero-order valence-electron chi connectivity index (χ0n) is 19.1. The Balaban J connectivity index is 0.000000762. The molecule has 6 nitrogen and oxygen atoms in total. The number of carbonyl (C=O) groups excluding carboxylic acids is 2. The summed E-state index contributed by atoms with van der Waals surface area (Å²) in [4.78, 5) is 23.7. The van der Waals surface area contributed by atoms with E-state index in [1.165, 1.54) is 4.90 Å². The Hall–Kier alpha value is -2.51. The predicted octanol–water partition coefficient (Wildman–Crippen LogP) is 4.14. The highest BCUT2D eigenvalue weighted by atomic mass is 32.2. The van der Waals surface area contributed by atoms with E-state index >= 15 is 0 Å². The van der Waals surface area contributed by atoms with Gasteiger partial charge >= 0.3 is 0 Å². The summed E-state index contributed by atoms with van der Waals surface area (Å²) < 4.78 is 0. The van der Waals surface area contributed by atoms with Gasteiger partial charge in [-0.3, -0.25) is 9.59 Å². The largest absolute Gasteiger partial charge is 0.508 e. The summed E-state index contributed by atoms with van der Waals surface area (Å²) in [5, 5.41) is 23.3. The number of aromatic hydroxyl groups is 1. The number of hydrogen-bond acceptors (Lipinski definition) is 5. The minimum absolute atomic E-state index is 0.0148. The summed E-state index contributed by atoms with van der Waals surface area (Å²) in [6.45, 7) is 9.88. The van der Waals surface area contributed by atoms with Gasteiger partial charge in [-0.15, -0.1) is 11.8 Å². The Morgan fingerprint density at radius 1 is 1.06 bits per heavy atom. The molecule has 0 saturated heterocycles. The summed E-state index contributed by atoms with van der Waals surface area (Å²) in [5.74, 6) is 0.783. The quantitative estimate of drug-likeness (QED) is 0.455.